The van der Waals surface area contributed by atoms with Gasteiger partial charge in [-0.05, 0) is 38.5 Å². The highest BCUT2D eigenvalue weighted by Gasteiger charge is 2.34. The first-order valence-electron chi connectivity index (χ1n) is 6.61. The lowest BCUT2D eigenvalue weighted by Gasteiger charge is -2.33. The molecule has 0 amide bonds. The zero-order chi connectivity index (χ0) is 12.3. The third-order valence-electron chi connectivity index (χ3n) is 3.51. The van der Waals surface area contributed by atoms with Crippen molar-refractivity contribution >= 4 is 5.97 Å². The largest absolute Gasteiger partial charge is 0.461 e. The van der Waals surface area contributed by atoms with Gasteiger partial charge in [-0.15, -0.1) is 0 Å². The molecule has 98 valence electrons. The molecular weight excluding hydrogens is 220 g/mol. The van der Waals surface area contributed by atoms with Gasteiger partial charge in [-0.1, -0.05) is 6.92 Å². The molecule has 17 heavy (non-hydrogen) atoms. The Morgan fingerprint density at radius 3 is 2.76 bits per heavy atom. The van der Waals surface area contributed by atoms with Crippen molar-refractivity contribution in [3.63, 3.8) is 0 Å². The standard InChI is InChI=1S/C13H22O4/c1-9(11-8-12(14)17-11)7-10(2)16-13-5-3-4-6-15-13/h9-11,13H,3-8H2,1-2H3/t9-,10?,11?,13?/m1/s1. The molecular formula is C13H22O4. The van der Waals surface area contributed by atoms with E-state index in [1.165, 1.54) is 6.42 Å². The molecule has 2 fully saturated rings. The molecule has 0 aromatic rings. The van der Waals surface area contributed by atoms with Crippen LogP contribution >= 0.6 is 0 Å². The summed E-state index contributed by atoms with van der Waals surface area (Å²) in [6.45, 7) is 4.99. The lowest BCUT2D eigenvalue weighted by molar-refractivity contribution is -0.194. The van der Waals surface area contributed by atoms with Crippen molar-refractivity contribution in [2.45, 2.75) is 64.4 Å². The summed E-state index contributed by atoms with van der Waals surface area (Å²) >= 11 is 0. The summed E-state index contributed by atoms with van der Waals surface area (Å²) in [4.78, 5) is 10.7. The summed E-state index contributed by atoms with van der Waals surface area (Å²) in [5.41, 5.74) is 0. The SMILES string of the molecule is CC(C[C@@H](C)C1CC(=O)O1)OC1CCCCO1. The van der Waals surface area contributed by atoms with Crippen LogP contribution in [-0.4, -0.2) is 31.1 Å². The fourth-order valence-corrected chi connectivity index (χ4v) is 2.45. The van der Waals surface area contributed by atoms with Crippen LogP contribution in [0.3, 0.4) is 0 Å². The van der Waals surface area contributed by atoms with E-state index in [9.17, 15) is 4.79 Å². The average Bonchev–Trinajstić information content (AvgIpc) is 2.26. The van der Waals surface area contributed by atoms with Crippen molar-refractivity contribution in [2.75, 3.05) is 6.61 Å². The predicted molar refractivity (Wildman–Crippen MR) is 62.4 cm³/mol. The first kappa shape index (κ1) is 12.8. The highest BCUT2D eigenvalue weighted by Crippen LogP contribution is 2.26. The maximum Gasteiger partial charge on any atom is 0.309 e. The van der Waals surface area contributed by atoms with E-state index in [1.54, 1.807) is 0 Å². The predicted octanol–water partition coefficient (Wildman–Crippen LogP) is 2.26. The minimum absolute atomic E-state index is 0.0325. The van der Waals surface area contributed by atoms with Crippen molar-refractivity contribution in [1.29, 1.82) is 0 Å². The van der Waals surface area contributed by atoms with Crippen molar-refractivity contribution < 1.29 is 19.0 Å². The lowest BCUT2D eigenvalue weighted by Crippen LogP contribution is -2.39. The van der Waals surface area contributed by atoms with Crippen LogP contribution < -0.4 is 0 Å². The Hall–Kier alpha value is -0.610. The van der Waals surface area contributed by atoms with E-state index in [4.69, 9.17) is 14.2 Å². The molecule has 0 N–H and O–H groups in total. The number of hydrogen-bond donors (Lipinski definition) is 0. The van der Waals surface area contributed by atoms with Crippen molar-refractivity contribution in [1.82, 2.24) is 0 Å². The van der Waals surface area contributed by atoms with Crippen molar-refractivity contribution in [3.8, 4) is 0 Å². The number of cyclic esters (lactones) is 1. The molecule has 4 nitrogen and oxygen atoms in total. The normalized spacial score (nSPS) is 32.5. The van der Waals surface area contributed by atoms with E-state index in [2.05, 4.69) is 13.8 Å². The van der Waals surface area contributed by atoms with Gasteiger partial charge in [0.05, 0.1) is 12.5 Å². The van der Waals surface area contributed by atoms with Gasteiger partial charge in [-0.2, -0.15) is 0 Å². The fourth-order valence-electron chi connectivity index (χ4n) is 2.45. The Morgan fingerprint density at radius 1 is 1.41 bits per heavy atom. The number of esters is 1. The van der Waals surface area contributed by atoms with Gasteiger partial charge in [0, 0.05) is 6.61 Å². The maximum absolute atomic E-state index is 10.7. The summed E-state index contributed by atoms with van der Waals surface area (Å²) in [5, 5.41) is 0. The highest BCUT2D eigenvalue weighted by atomic mass is 16.7. The molecule has 0 aromatic heterocycles. The van der Waals surface area contributed by atoms with Crippen LogP contribution in [0.2, 0.25) is 0 Å². The second-order valence-electron chi connectivity index (χ2n) is 5.19. The number of carbonyl (C=O) groups is 1. The minimum Gasteiger partial charge on any atom is -0.461 e. The topological polar surface area (TPSA) is 44.8 Å². The van der Waals surface area contributed by atoms with Crippen LogP contribution in [0.4, 0.5) is 0 Å². The molecule has 0 bridgehead atoms. The first-order chi connectivity index (χ1) is 8.15. The van der Waals surface area contributed by atoms with E-state index in [0.717, 1.165) is 25.9 Å². The second kappa shape index (κ2) is 5.83. The summed E-state index contributed by atoms with van der Waals surface area (Å²) in [5.74, 6) is 0.289. The molecule has 2 rings (SSSR count). The Kier molecular flexibility index (Phi) is 4.40. The maximum atomic E-state index is 10.7. The molecule has 0 aromatic carbocycles. The van der Waals surface area contributed by atoms with E-state index in [1.807, 2.05) is 0 Å². The molecule has 0 aliphatic carbocycles. The van der Waals surface area contributed by atoms with Gasteiger partial charge >= 0.3 is 5.97 Å². The van der Waals surface area contributed by atoms with Crippen LogP contribution in [0, 0.1) is 5.92 Å². The molecule has 3 unspecified atom stereocenters. The van der Waals surface area contributed by atoms with E-state index >= 15 is 0 Å². The number of ether oxygens (including phenoxy) is 3. The van der Waals surface area contributed by atoms with Crippen LogP contribution in [0.1, 0.15) is 46.0 Å². The third-order valence-corrected chi connectivity index (χ3v) is 3.51. The van der Waals surface area contributed by atoms with Crippen LogP contribution in [0.5, 0.6) is 0 Å². The van der Waals surface area contributed by atoms with Crippen LogP contribution in [-0.2, 0) is 19.0 Å². The summed E-state index contributed by atoms with van der Waals surface area (Å²) < 4.78 is 16.5. The van der Waals surface area contributed by atoms with E-state index in [0.29, 0.717) is 12.3 Å². The van der Waals surface area contributed by atoms with Crippen LogP contribution in [0.25, 0.3) is 0 Å². The monoisotopic (exact) mass is 242 g/mol. The molecule has 2 heterocycles. The smallest absolute Gasteiger partial charge is 0.309 e. The minimum atomic E-state index is -0.0777. The Labute approximate surface area is 103 Å². The lowest BCUT2D eigenvalue weighted by atomic mass is 9.93. The van der Waals surface area contributed by atoms with Crippen molar-refractivity contribution in [3.05, 3.63) is 0 Å². The average molecular weight is 242 g/mol. The molecule has 2 aliphatic rings. The quantitative estimate of drug-likeness (QED) is 0.694. The van der Waals surface area contributed by atoms with Gasteiger partial charge in [0.25, 0.3) is 0 Å². The molecule has 2 saturated heterocycles. The number of carbonyl (C=O) groups excluding carboxylic acids is 1. The molecule has 4 heteroatoms. The fraction of sp³-hybridized carbons (Fsp3) is 0.923. The first-order valence-corrected chi connectivity index (χ1v) is 6.61. The summed E-state index contributed by atoms with van der Waals surface area (Å²) in [7, 11) is 0. The Morgan fingerprint density at radius 2 is 2.18 bits per heavy atom. The van der Waals surface area contributed by atoms with Crippen LogP contribution in [0.15, 0.2) is 0 Å². The van der Waals surface area contributed by atoms with E-state index in [-0.39, 0.29) is 24.5 Å². The Balaban J connectivity index is 1.65. The van der Waals surface area contributed by atoms with Crippen molar-refractivity contribution in [2.24, 2.45) is 5.92 Å². The molecule has 0 saturated carbocycles. The summed E-state index contributed by atoms with van der Waals surface area (Å²) in [6.07, 6.45) is 5.03. The summed E-state index contributed by atoms with van der Waals surface area (Å²) in [6, 6.07) is 0. The Bertz CT molecular complexity index is 252. The van der Waals surface area contributed by atoms with Gasteiger partial charge in [-0.25, -0.2) is 0 Å². The number of hydrogen-bond acceptors (Lipinski definition) is 4. The second-order valence-corrected chi connectivity index (χ2v) is 5.19. The van der Waals surface area contributed by atoms with E-state index < -0.39 is 0 Å². The van der Waals surface area contributed by atoms with Gasteiger partial charge in [0.15, 0.2) is 6.29 Å². The molecule has 0 spiro atoms. The highest BCUT2D eigenvalue weighted by molar-refractivity contribution is 5.75. The van der Waals surface area contributed by atoms with Gasteiger partial charge in [0.2, 0.25) is 0 Å². The zero-order valence-electron chi connectivity index (χ0n) is 10.7. The van der Waals surface area contributed by atoms with Gasteiger partial charge < -0.3 is 14.2 Å². The molecule has 2 aliphatic heterocycles. The third kappa shape index (κ3) is 3.68. The molecule has 4 atom stereocenters. The zero-order valence-corrected chi connectivity index (χ0v) is 10.7. The number of rotatable bonds is 5. The van der Waals surface area contributed by atoms with Gasteiger partial charge in [-0.3, -0.25) is 4.79 Å². The molecule has 0 radical (unpaired) electrons. The van der Waals surface area contributed by atoms with Gasteiger partial charge in [0.1, 0.15) is 6.10 Å².